The molecule has 1 fully saturated rings. The zero-order chi connectivity index (χ0) is 10.1. The maximum Gasteiger partial charge on any atom is 0.494 e. The summed E-state index contributed by atoms with van der Waals surface area (Å²) in [7, 11) is -0.0282. The van der Waals surface area contributed by atoms with Crippen molar-refractivity contribution in [2.24, 2.45) is 0 Å². The molecule has 0 saturated heterocycles. The zero-order valence-corrected chi connectivity index (χ0v) is 7.97. The maximum absolute atomic E-state index is 9.23. The van der Waals surface area contributed by atoms with Crippen molar-refractivity contribution in [2.45, 2.75) is 18.8 Å². The normalized spacial score (nSPS) is 15.4. The summed E-state index contributed by atoms with van der Waals surface area (Å²) in [4.78, 5) is 3.95. The topological polar surface area (TPSA) is 62.6 Å². The fraction of sp³-hybridized carbons (Fsp3) is 0.444. The molecule has 1 saturated carbocycles. The summed E-state index contributed by atoms with van der Waals surface area (Å²) in [5, 5.41) is 18.5. The Morgan fingerprint density at radius 3 is 2.71 bits per heavy atom. The fourth-order valence-electron chi connectivity index (χ4n) is 1.64. The van der Waals surface area contributed by atoms with Crippen molar-refractivity contribution in [1.29, 1.82) is 0 Å². The van der Waals surface area contributed by atoms with Crippen molar-refractivity contribution in [1.82, 2.24) is 4.98 Å². The Hall–Kier alpha value is -1.07. The molecule has 0 spiro atoms. The van der Waals surface area contributed by atoms with Crippen LogP contribution in [0.1, 0.15) is 24.3 Å². The third kappa shape index (κ3) is 1.60. The molecule has 1 aromatic rings. The van der Waals surface area contributed by atoms with Gasteiger partial charge in [-0.3, -0.25) is 0 Å². The van der Waals surface area contributed by atoms with Gasteiger partial charge >= 0.3 is 7.12 Å². The molecule has 74 valence electrons. The molecule has 4 nitrogen and oxygen atoms in total. The van der Waals surface area contributed by atoms with E-state index < -0.39 is 7.12 Å². The molecule has 2 N–H and O–H groups in total. The maximum atomic E-state index is 9.23. The van der Waals surface area contributed by atoms with Crippen molar-refractivity contribution >= 4 is 12.6 Å². The number of aromatic nitrogens is 1. The number of hydrogen-bond donors (Lipinski definition) is 2. The molecular weight excluding hydrogens is 181 g/mol. The zero-order valence-electron chi connectivity index (χ0n) is 7.97. The van der Waals surface area contributed by atoms with Crippen molar-refractivity contribution in [3.63, 3.8) is 0 Å². The number of methoxy groups -OCH3 is 1. The van der Waals surface area contributed by atoms with Gasteiger partial charge < -0.3 is 14.8 Å². The van der Waals surface area contributed by atoms with E-state index in [1.54, 1.807) is 6.20 Å². The summed E-state index contributed by atoms with van der Waals surface area (Å²) in [5.74, 6) is 0.758. The lowest BCUT2D eigenvalue weighted by Gasteiger charge is -2.11. The third-order valence-corrected chi connectivity index (χ3v) is 2.46. The van der Waals surface area contributed by atoms with Gasteiger partial charge in [-0.2, -0.15) is 0 Å². The van der Waals surface area contributed by atoms with Crippen LogP contribution in [0, 0.1) is 0 Å². The Balaban J connectivity index is 2.46. The Bertz CT molecular complexity index is 339. The first kappa shape index (κ1) is 9.49. The first-order chi connectivity index (χ1) is 6.74. The Labute approximate surface area is 82.7 Å². The highest BCUT2D eigenvalue weighted by atomic mass is 16.5. The van der Waals surface area contributed by atoms with Crippen LogP contribution in [-0.4, -0.2) is 29.3 Å². The average Bonchev–Trinajstić information content (AvgIpc) is 2.99. The van der Waals surface area contributed by atoms with Crippen molar-refractivity contribution < 1.29 is 14.8 Å². The quantitative estimate of drug-likeness (QED) is 0.644. The highest BCUT2D eigenvalue weighted by molar-refractivity contribution is 6.60. The molecule has 5 heteroatoms. The summed E-state index contributed by atoms with van der Waals surface area (Å²) in [6.45, 7) is 0. The molecule has 1 aliphatic carbocycles. The van der Waals surface area contributed by atoms with Gasteiger partial charge in [0.15, 0.2) is 0 Å². The Morgan fingerprint density at radius 1 is 1.50 bits per heavy atom. The predicted molar refractivity (Wildman–Crippen MR) is 52.6 cm³/mol. The van der Waals surface area contributed by atoms with Crippen molar-refractivity contribution in [2.75, 3.05) is 7.11 Å². The van der Waals surface area contributed by atoms with Gasteiger partial charge in [0, 0.05) is 11.7 Å². The molecule has 2 rings (SSSR count). The fourth-order valence-corrected chi connectivity index (χ4v) is 1.64. The third-order valence-electron chi connectivity index (χ3n) is 2.46. The van der Waals surface area contributed by atoms with E-state index in [1.807, 2.05) is 6.07 Å². The highest BCUT2D eigenvalue weighted by Gasteiger charge is 2.32. The van der Waals surface area contributed by atoms with E-state index in [1.165, 1.54) is 7.11 Å². The predicted octanol–water partition coefficient (Wildman–Crippen LogP) is -0.353. The molecule has 1 heterocycles. The number of ether oxygens (including phenoxy) is 1. The minimum absolute atomic E-state index is 0.310. The molecule has 1 aliphatic rings. The SMILES string of the molecule is COc1nccc(C2CC2)c1B(O)O. The van der Waals surface area contributed by atoms with Crippen LogP contribution >= 0.6 is 0 Å². The lowest BCUT2D eigenvalue weighted by atomic mass is 9.76. The molecular formula is C9H12BNO3. The van der Waals surface area contributed by atoms with Crippen LogP contribution in [0.4, 0.5) is 0 Å². The van der Waals surface area contributed by atoms with Gasteiger partial charge in [0.2, 0.25) is 5.88 Å². The van der Waals surface area contributed by atoms with Gasteiger partial charge in [0.25, 0.3) is 0 Å². The summed E-state index contributed by atoms with van der Waals surface area (Å²) < 4.78 is 4.99. The van der Waals surface area contributed by atoms with Crippen LogP contribution in [0.5, 0.6) is 5.88 Å². The van der Waals surface area contributed by atoms with Crippen LogP contribution in [0.25, 0.3) is 0 Å². The second-order valence-electron chi connectivity index (χ2n) is 3.47. The summed E-state index contributed by atoms with van der Waals surface area (Å²) in [5.41, 5.74) is 1.37. The van der Waals surface area contributed by atoms with Crippen molar-refractivity contribution in [3.8, 4) is 5.88 Å². The first-order valence-corrected chi connectivity index (χ1v) is 4.63. The second-order valence-corrected chi connectivity index (χ2v) is 3.47. The van der Waals surface area contributed by atoms with Crippen LogP contribution in [0.3, 0.4) is 0 Å². The number of rotatable bonds is 3. The van der Waals surface area contributed by atoms with Gasteiger partial charge in [-0.1, -0.05) is 0 Å². The molecule has 0 radical (unpaired) electrons. The molecule has 14 heavy (non-hydrogen) atoms. The lowest BCUT2D eigenvalue weighted by Crippen LogP contribution is -2.34. The highest BCUT2D eigenvalue weighted by Crippen LogP contribution is 2.39. The Kier molecular flexibility index (Phi) is 2.43. The summed E-state index contributed by atoms with van der Waals surface area (Å²) in [6.07, 6.45) is 3.85. The average molecular weight is 193 g/mol. The van der Waals surface area contributed by atoms with E-state index in [2.05, 4.69) is 4.98 Å². The van der Waals surface area contributed by atoms with E-state index in [9.17, 15) is 10.0 Å². The number of nitrogens with zero attached hydrogens (tertiary/aromatic N) is 1. The van der Waals surface area contributed by atoms with Crippen molar-refractivity contribution in [3.05, 3.63) is 17.8 Å². The minimum Gasteiger partial charge on any atom is -0.481 e. The standard InChI is InChI=1S/C9H12BNO3/c1-14-9-8(10(12)13)7(4-5-11-9)6-2-3-6/h4-6,12-13H,2-3H2,1H3. The van der Waals surface area contributed by atoms with Gasteiger partial charge in [0.1, 0.15) is 0 Å². The molecule has 0 bridgehead atoms. The van der Waals surface area contributed by atoms with Crippen LogP contribution in [0.2, 0.25) is 0 Å². The minimum atomic E-state index is -1.51. The number of hydrogen-bond acceptors (Lipinski definition) is 4. The first-order valence-electron chi connectivity index (χ1n) is 4.63. The molecule has 1 aromatic heterocycles. The van der Waals surface area contributed by atoms with E-state index in [-0.39, 0.29) is 0 Å². The second kappa shape index (κ2) is 3.59. The monoisotopic (exact) mass is 193 g/mol. The molecule has 0 aromatic carbocycles. The smallest absolute Gasteiger partial charge is 0.481 e. The summed E-state index contributed by atoms with van der Waals surface area (Å²) >= 11 is 0. The molecule has 0 amide bonds. The Morgan fingerprint density at radius 2 is 2.21 bits per heavy atom. The number of pyridine rings is 1. The van der Waals surface area contributed by atoms with Gasteiger partial charge in [-0.25, -0.2) is 4.98 Å². The van der Waals surface area contributed by atoms with Gasteiger partial charge in [-0.15, -0.1) is 0 Å². The summed E-state index contributed by atoms with van der Waals surface area (Å²) in [6, 6.07) is 1.83. The van der Waals surface area contributed by atoms with Gasteiger partial charge in [-0.05, 0) is 30.4 Å². The van der Waals surface area contributed by atoms with Crippen LogP contribution in [0.15, 0.2) is 12.3 Å². The molecule has 0 unspecified atom stereocenters. The van der Waals surface area contributed by atoms with E-state index in [0.717, 1.165) is 18.4 Å². The van der Waals surface area contributed by atoms with Crippen LogP contribution in [-0.2, 0) is 0 Å². The van der Waals surface area contributed by atoms with E-state index in [4.69, 9.17) is 4.74 Å². The van der Waals surface area contributed by atoms with Crippen LogP contribution < -0.4 is 10.2 Å². The largest absolute Gasteiger partial charge is 0.494 e. The van der Waals surface area contributed by atoms with E-state index in [0.29, 0.717) is 17.3 Å². The molecule has 0 atom stereocenters. The lowest BCUT2D eigenvalue weighted by molar-refractivity contribution is 0.390. The van der Waals surface area contributed by atoms with E-state index >= 15 is 0 Å². The molecule has 0 aliphatic heterocycles. The van der Waals surface area contributed by atoms with Gasteiger partial charge in [0.05, 0.1) is 7.11 Å².